The van der Waals surface area contributed by atoms with Crippen LogP contribution in [0.5, 0.6) is 11.5 Å². The van der Waals surface area contributed by atoms with Crippen LogP contribution in [-0.2, 0) is 4.79 Å². The molecule has 0 fully saturated rings. The van der Waals surface area contributed by atoms with E-state index in [-0.39, 0.29) is 11.3 Å². The van der Waals surface area contributed by atoms with E-state index in [0.717, 1.165) is 23.8 Å². The Hall–Kier alpha value is -3.10. The van der Waals surface area contributed by atoms with Gasteiger partial charge in [-0.15, -0.1) is 0 Å². The number of hydrogen-bond acceptors (Lipinski definition) is 4. The van der Waals surface area contributed by atoms with Crippen molar-refractivity contribution in [2.75, 3.05) is 5.32 Å². The number of nitrogens with zero attached hydrogens (tertiary/aromatic N) is 1. The largest absolute Gasteiger partial charge is 0.435 e. The maximum absolute atomic E-state index is 12.5. The number of pyridine rings is 1. The predicted octanol–water partition coefficient (Wildman–Crippen LogP) is 4.24. The van der Waals surface area contributed by atoms with E-state index < -0.39 is 24.9 Å². The lowest BCUT2D eigenvalue weighted by atomic mass is 10.1. The fourth-order valence-corrected chi connectivity index (χ4v) is 1.96. The van der Waals surface area contributed by atoms with Gasteiger partial charge in [0.25, 0.3) is 0 Å². The van der Waals surface area contributed by atoms with Crippen LogP contribution in [0.4, 0.5) is 23.2 Å². The van der Waals surface area contributed by atoms with E-state index in [1.807, 2.05) is 0 Å². The second-order valence-electron chi connectivity index (χ2n) is 4.97. The molecule has 2 rings (SSSR count). The minimum Gasteiger partial charge on any atom is -0.435 e. The number of carbonyl (C=O) groups excluding carboxylic acids is 1. The van der Waals surface area contributed by atoms with Crippen LogP contribution in [0.1, 0.15) is 11.1 Å². The molecule has 9 heteroatoms. The highest BCUT2D eigenvalue weighted by Crippen LogP contribution is 2.28. The second kappa shape index (κ2) is 8.84. The normalized spacial score (nSPS) is 11.2. The van der Waals surface area contributed by atoms with Crippen molar-refractivity contribution >= 4 is 17.7 Å². The summed E-state index contributed by atoms with van der Waals surface area (Å²) in [5.41, 5.74) is 1.37. The molecule has 1 N–H and O–H groups in total. The molecular weight excluding hydrogens is 356 g/mol. The van der Waals surface area contributed by atoms with E-state index in [0.29, 0.717) is 5.69 Å². The zero-order chi connectivity index (χ0) is 19.1. The molecule has 0 saturated heterocycles. The minimum atomic E-state index is -3.17. The Bertz CT molecular complexity index is 797. The van der Waals surface area contributed by atoms with Crippen molar-refractivity contribution in [2.24, 2.45) is 0 Å². The van der Waals surface area contributed by atoms with E-state index >= 15 is 0 Å². The monoisotopic (exact) mass is 370 g/mol. The average Bonchev–Trinajstić information content (AvgIpc) is 2.55. The van der Waals surface area contributed by atoms with Gasteiger partial charge in [-0.25, -0.2) is 0 Å². The Balaban J connectivity index is 2.17. The number of aromatic nitrogens is 1. The molecule has 2 aromatic rings. The molecule has 1 amide bonds. The third-order valence-corrected chi connectivity index (χ3v) is 3.14. The Morgan fingerprint density at radius 1 is 1.15 bits per heavy atom. The number of ether oxygens (including phenoxy) is 2. The van der Waals surface area contributed by atoms with Crippen molar-refractivity contribution in [2.45, 2.75) is 20.1 Å². The van der Waals surface area contributed by atoms with Crippen molar-refractivity contribution < 1.29 is 31.8 Å². The van der Waals surface area contributed by atoms with Crippen LogP contribution in [0.25, 0.3) is 6.08 Å². The van der Waals surface area contributed by atoms with Crippen molar-refractivity contribution in [3.05, 3.63) is 53.9 Å². The van der Waals surface area contributed by atoms with Crippen molar-refractivity contribution in [1.29, 1.82) is 0 Å². The summed E-state index contributed by atoms with van der Waals surface area (Å²) < 4.78 is 57.9. The number of anilines is 1. The van der Waals surface area contributed by atoms with Crippen LogP contribution < -0.4 is 14.8 Å². The molecule has 1 aromatic heterocycles. The van der Waals surface area contributed by atoms with E-state index in [9.17, 15) is 22.4 Å². The molecule has 0 aliphatic carbocycles. The zero-order valence-electron chi connectivity index (χ0n) is 13.5. The molecule has 0 unspecified atom stereocenters. The molecule has 5 nitrogen and oxygen atoms in total. The summed E-state index contributed by atoms with van der Waals surface area (Å²) in [5, 5.41) is 2.58. The van der Waals surface area contributed by atoms with Crippen LogP contribution in [0.15, 0.2) is 42.7 Å². The molecule has 26 heavy (non-hydrogen) atoms. The van der Waals surface area contributed by atoms with Gasteiger partial charge in [-0.05, 0) is 36.8 Å². The van der Waals surface area contributed by atoms with Crippen LogP contribution in [0, 0.1) is 6.92 Å². The van der Waals surface area contributed by atoms with Gasteiger partial charge in [0, 0.05) is 23.9 Å². The molecule has 0 atom stereocenters. The Morgan fingerprint density at radius 2 is 1.88 bits per heavy atom. The highest BCUT2D eigenvalue weighted by molar-refractivity contribution is 6.02. The zero-order valence-corrected chi connectivity index (χ0v) is 13.5. The third-order valence-electron chi connectivity index (χ3n) is 3.14. The molecule has 138 valence electrons. The number of alkyl halides is 4. The SMILES string of the molecule is Cc1ccncc1NC(=O)C=Cc1ccc(OC(F)F)cc1OC(F)F. The Morgan fingerprint density at radius 3 is 2.54 bits per heavy atom. The lowest BCUT2D eigenvalue weighted by molar-refractivity contribution is -0.111. The van der Waals surface area contributed by atoms with Gasteiger partial charge in [-0.2, -0.15) is 17.6 Å². The van der Waals surface area contributed by atoms with Crippen molar-refractivity contribution in [1.82, 2.24) is 4.98 Å². The molecule has 1 aromatic carbocycles. The van der Waals surface area contributed by atoms with Crippen LogP contribution in [0.2, 0.25) is 0 Å². The van der Waals surface area contributed by atoms with Gasteiger partial charge in [-0.3, -0.25) is 9.78 Å². The molecule has 0 aliphatic heterocycles. The standard InChI is InChI=1S/C17H14F4N2O3/c1-10-6-7-22-9-13(10)23-15(24)5-3-11-2-4-12(25-16(18)19)8-14(11)26-17(20)21/h2-9,16-17H,1H3,(H,23,24). The van der Waals surface area contributed by atoms with Gasteiger partial charge in [0.1, 0.15) is 11.5 Å². The van der Waals surface area contributed by atoms with E-state index in [1.165, 1.54) is 18.3 Å². The fourth-order valence-electron chi connectivity index (χ4n) is 1.96. The van der Waals surface area contributed by atoms with Gasteiger partial charge < -0.3 is 14.8 Å². The van der Waals surface area contributed by atoms with E-state index in [4.69, 9.17) is 0 Å². The first kappa shape index (κ1) is 19.2. The topological polar surface area (TPSA) is 60.5 Å². The maximum Gasteiger partial charge on any atom is 0.387 e. The Labute approximate surface area is 146 Å². The highest BCUT2D eigenvalue weighted by Gasteiger charge is 2.12. The molecule has 0 spiro atoms. The van der Waals surface area contributed by atoms with E-state index in [2.05, 4.69) is 19.8 Å². The van der Waals surface area contributed by atoms with Crippen LogP contribution in [0.3, 0.4) is 0 Å². The predicted molar refractivity (Wildman–Crippen MR) is 86.3 cm³/mol. The molecule has 1 heterocycles. The van der Waals surface area contributed by atoms with Gasteiger partial charge in [0.05, 0.1) is 11.9 Å². The number of amides is 1. The summed E-state index contributed by atoms with van der Waals surface area (Å²) in [6, 6.07) is 4.96. The first-order chi connectivity index (χ1) is 12.3. The first-order valence-electron chi connectivity index (χ1n) is 7.28. The molecule has 0 bridgehead atoms. The molecular formula is C17H14F4N2O3. The third kappa shape index (κ3) is 5.76. The molecule has 0 aliphatic rings. The number of nitrogens with one attached hydrogen (secondary N) is 1. The van der Waals surface area contributed by atoms with Crippen molar-refractivity contribution in [3.63, 3.8) is 0 Å². The van der Waals surface area contributed by atoms with Gasteiger partial charge in [0.2, 0.25) is 5.91 Å². The number of rotatable bonds is 7. The van der Waals surface area contributed by atoms with Crippen LogP contribution in [-0.4, -0.2) is 24.1 Å². The van der Waals surface area contributed by atoms with Gasteiger partial charge in [-0.1, -0.05) is 0 Å². The lowest BCUT2D eigenvalue weighted by Crippen LogP contribution is -2.09. The second-order valence-corrected chi connectivity index (χ2v) is 4.97. The summed E-state index contributed by atoms with van der Waals surface area (Å²) in [6.45, 7) is -4.50. The lowest BCUT2D eigenvalue weighted by Gasteiger charge is -2.11. The highest BCUT2D eigenvalue weighted by atomic mass is 19.3. The fraction of sp³-hybridized carbons (Fsp3) is 0.176. The van der Waals surface area contributed by atoms with Crippen molar-refractivity contribution in [3.8, 4) is 11.5 Å². The van der Waals surface area contributed by atoms with E-state index in [1.54, 1.807) is 19.2 Å². The number of aryl methyl sites for hydroxylation is 1. The minimum absolute atomic E-state index is 0.0879. The van der Waals surface area contributed by atoms with Gasteiger partial charge >= 0.3 is 13.2 Å². The number of halogens is 4. The maximum atomic E-state index is 12.5. The molecule has 0 radical (unpaired) electrons. The number of hydrogen-bond donors (Lipinski definition) is 1. The summed E-state index contributed by atoms with van der Waals surface area (Å²) >= 11 is 0. The number of benzene rings is 1. The summed E-state index contributed by atoms with van der Waals surface area (Å²) in [5.74, 6) is -1.28. The van der Waals surface area contributed by atoms with Gasteiger partial charge in [0.15, 0.2) is 0 Å². The quantitative estimate of drug-likeness (QED) is 0.585. The first-order valence-corrected chi connectivity index (χ1v) is 7.28. The summed E-state index contributed by atoms with van der Waals surface area (Å²) in [7, 11) is 0. The summed E-state index contributed by atoms with van der Waals surface area (Å²) in [6.07, 6.45) is 5.33. The average molecular weight is 370 g/mol. The summed E-state index contributed by atoms with van der Waals surface area (Å²) in [4.78, 5) is 15.8. The van der Waals surface area contributed by atoms with Crippen LogP contribution >= 0.6 is 0 Å². The molecule has 0 saturated carbocycles. The smallest absolute Gasteiger partial charge is 0.387 e. The number of carbonyl (C=O) groups is 1. The Kier molecular flexibility index (Phi) is 6.54.